The lowest BCUT2D eigenvalue weighted by Crippen LogP contribution is -2.46. The summed E-state index contributed by atoms with van der Waals surface area (Å²) in [5, 5.41) is 10.2. The number of nitrogens with zero attached hydrogens (tertiary/aromatic N) is 1. The van der Waals surface area contributed by atoms with Crippen LogP contribution in [0.15, 0.2) is 18.2 Å². The SMILES string of the molecule is CN1CCOC(C(O)Cc2cccc(F)c2Cl)C1. The van der Waals surface area contributed by atoms with Gasteiger partial charge in [0.2, 0.25) is 0 Å². The van der Waals surface area contributed by atoms with E-state index in [2.05, 4.69) is 4.90 Å². The standard InChI is InChI=1S/C13H17ClFNO2/c1-16-5-6-18-12(8-16)11(17)7-9-3-2-4-10(15)13(9)14/h2-4,11-12,17H,5-8H2,1H3. The van der Waals surface area contributed by atoms with Gasteiger partial charge in [0.15, 0.2) is 0 Å². The van der Waals surface area contributed by atoms with Gasteiger partial charge in [-0.3, -0.25) is 0 Å². The average molecular weight is 274 g/mol. The minimum atomic E-state index is -0.674. The van der Waals surface area contributed by atoms with E-state index < -0.39 is 11.9 Å². The molecular formula is C13H17ClFNO2. The van der Waals surface area contributed by atoms with Crippen molar-refractivity contribution in [3.8, 4) is 0 Å². The van der Waals surface area contributed by atoms with Crippen molar-refractivity contribution in [2.45, 2.75) is 18.6 Å². The zero-order valence-corrected chi connectivity index (χ0v) is 11.0. The van der Waals surface area contributed by atoms with E-state index in [-0.39, 0.29) is 11.1 Å². The number of morpholine rings is 1. The molecule has 1 N–H and O–H groups in total. The van der Waals surface area contributed by atoms with Crippen molar-refractivity contribution in [1.82, 2.24) is 4.90 Å². The van der Waals surface area contributed by atoms with Gasteiger partial charge in [-0.05, 0) is 18.7 Å². The molecule has 1 saturated heterocycles. The molecule has 1 aliphatic heterocycles. The number of aliphatic hydroxyl groups excluding tert-OH is 1. The van der Waals surface area contributed by atoms with Crippen molar-refractivity contribution in [1.29, 1.82) is 0 Å². The van der Waals surface area contributed by atoms with Gasteiger partial charge < -0.3 is 14.7 Å². The molecule has 0 radical (unpaired) electrons. The first kappa shape index (κ1) is 13.7. The Labute approximate surface area is 111 Å². The van der Waals surface area contributed by atoms with Gasteiger partial charge in [-0.15, -0.1) is 0 Å². The fraction of sp³-hybridized carbons (Fsp3) is 0.538. The maximum Gasteiger partial charge on any atom is 0.142 e. The van der Waals surface area contributed by atoms with Crippen LogP contribution in [0.1, 0.15) is 5.56 Å². The molecule has 1 fully saturated rings. The summed E-state index contributed by atoms with van der Waals surface area (Å²) >= 11 is 5.87. The second-order valence-corrected chi connectivity index (χ2v) is 5.03. The van der Waals surface area contributed by atoms with E-state index in [0.717, 1.165) is 6.54 Å². The Kier molecular flexibility index (Phi) is 4.56. The number of aliphatic hydroxyl groups is 1. The second kappa shape index (κ2) is 5.97. The molecule has 1 aromatic rings. The summed E-state index contributed by atoms with van der Waals surface area (Å²) in [5.74, 6) is -0.456. The maximum atomic E-state index is 13.3. The van der Waals surface area contributed by atoms with Gasteiger partial charge in [0.25, 0.3) is 0 Å². The van der Waals surface area contributed by atoms with Crippen LogP contribution in [0.25, 0.3) is 0 Å². The number of ether oxygens (including phenoxy) is 1. The second-order valence-electron chi connectivity index (χ2n) is 4.66. The van der Waals surface area contributed by atoms with Crippen LogP contribution in [0.4, 0.5) is 4.39 Å². The molecule has 100 valence electrons. The Morgan fingerprint density at radius 3 is 3.11 bits per heavy atom. The van der Waals surface area contributed by atoms with Gasteiger partial charge in [0, 0.05) is 19.5 Å². The van der Waals surface area contributed by atoms with Crippen molar-refractivity contribution < 1.29 is 14.2 Å². The van der Waals surface area contributed by atoms with E-state index in [1.54, 1.807) is 12.1 Å². The monoisotopic (exact) mass is 273 g/mol. The number of rotatable bonds is 3. The normalized spacial score (nSPS) is 23.0. The highest BCUT2D eigenvalue weighted by molar-refractivity contribution is 6.31. The Balaban J connectivity index is 2.02. The highest BCUT2D eigenvalue weighted by atomic mass is 35.5. The number of hydrogen-bond acceptors (Lipinski definition) is 3. The third kappa shape index (κ3) is 3.20. The quantitative estimate of drug-likeness (QED) is 0.910. The number of hydrogen-bond donors (Lipinski definition) is 1. The van der Waals surface area contributed by atoms with Crippen molar-refractivity contribution >= 4 is 11.6 Å². The highest BCUT2D eigenvalue weighted by Gasteiger charge is 2.26. The summed E-state index contributed by atoms with van der Waals surface area (Å²) < 4.78 is 18.8. The van der Waals surface area contributed by atoms with E-state index >= 15 is 0 Å². The highest BCUT2D eigenvalue weighted by Crippen LogP contribution is 2.22. The van der Waals surface area contributed by atoms with Crippen LogP contribution in [0.3, 0.4) is 0 Å². The van der Waals surface area contributed by atoms with E-state index in [1.165, 1.54) is 6.07 Å². The molecule has 1 aromatic carbocycles. The minimum absolute atomic E-state index is 0.0840. The molecule has 2 rings (SSSR count). The molecular weight excluding hydrogens is 257 g/mol. The summed E-state index contributed by atoms with van der Waals surface area (Å²) in [5.41, 5.74) is 0.612. The predicted octanol–water partition coefficient (Wildman–Crippen LogP) is 1.71. The lowest BCUT2D eigenvalue weighted by molar-refractivity contribution is -0.0823. The van der Waals surface area contributed by atoms with Crippen LogP contribution < -0.4 is 0 Å². The van der Waals surface area contributed by atoms with Gasteiger partial charge in [0.1, 0.15) is 5.82 Å². The van der Waals surface area contributed by atoms with Crippen molar-refractivity contribution in [3.63, 3.8) is 0 Å². The summed E-state index contributed by atoms with van der Waals surface area (Å²) in [6, 6.07) is 4.63. The summed E-state index contributed by atoms with van der Waals surface area (Å²) in [4.78, 5) is 2.10. The molecule has 18 heavy (non-hydrogen) atoms. The van der Waals surface area contributed by atoms with Crippen LogP contribution >= 0.6 is 11.6 Å². The van der Waals surface area contributed by atoms with Gasteiger partial charge in [-0.2, -0.15) is 0 Å². The third-order valence-electron chi connectivity index (χ3n) is 3.19. The van der Waals surface area contributed by atoms with E-state index in [1.807, 2.05) is 7.05 Å². The van der Waals surface area contributed by atoms with Crippen molar-refractivity contribution in [2.75, 3.05) is 26.7 Å². The molecule has 2 unspecified atom stereocenters. The lowest BCUT2D eigenvalue weighted by Gasteiger charge is -2.33. The van der Waals surface area contributed by atoms with Crippen molar-refractivity contribution in [2.24, 2.45) is 0 Å². The molecule has 3 nitrogen and oxygen atoms in total. The molecule has 1 heterocycles. The molecule has 0 spiro atoms. The summed E-state index contributed by atoms with van der Waals surface area (Å²) in [7, 11) is 1.98. The summed E-state index contributed by atoms with van der Waals surface area (Å²) in [6.07, 6.45) is -0.620. The Hall–Kier alpha value is -0.680. The number of halogens is 2. The fourth-order valence-electron chi connectivity index (χ4n) is 2.11. The van der Waals surface area contributed by atoms with E-state index in [9.17, 15) is 9.50 Å². The molecule has 0 aromatic heterocycles. The van der Waals surface area contributed by atoms with Gasteiger partial charge in [-0.1, -0.05) is 23.7 Å². The van der Waals surface area contributed by atoms with E-state index in [0.29, 0.717) is 25.1 Å². The molecule has 2 atom stereocenters. The molecule has 0 amide bonds. The molecule has 1 aliphatic rings. The first-order valence-corrected chi connectivity index (χ1v) is 6.37. The molecule has 5 heteroatoms. The molecule has 0 aliphatic carbocycles. The van der Waals surface area contributed by atoms with Gasteiger partial charge >= 0.3 is 0 Å². The topological polar surface area (TPSA) is 32.7 Å². The van der Waals surface area contributed by atoms with Gasteiger partial charge in [-0.25, -0.2) is 4.39 Å². The maximum absolute atomic E-state index is 13.3. The van der Waals surface area contributed by atoms with Crippen LogP contribution in [0.2, 0.25) is 5.02 Å². The van der Waals surface area contributed by atoms with Crippen LogP contribution in [0.5, 0.6) is 0 Å². The predicted molar refractivity (Wildman–Crippen MR) is 68.4 cm³/mol. The first-order chi connectivity index (χ1) is 8.58. The van der Waals surface area contributed by atoms with E-state index in [4.69, 9.17) is 16.3 Å². The minimum Gasteiger partial charge on any atom is -0.390 e. The average Bonchev–Trinajstić information content (AvgIpc) is 2.35. The summed E-state index contributed by atoms with van der Waals surface area (Å²) in [6.45, 7) is 2.15. The first-order valence-electron chi connectivity index (χ1n) is 5.99. The molecule has 0 bridgehead atoms. The van der Waals surface area contributed by atoms with Crippen molar-refractivity contribution in [3.05, 3.63) is 34.6 Å². The fourth-order valence-corrected chi connectivity index (χ4v) is 2.31. The largest absolute Gasteiger partial charge is 0.390 e. The Morgan fingerprint density at radius 1 is 1.61 bits per heavy atom. The smallest absolute Gasteiger partial charge is 0.142 e. The third-order valence-corrected chi connectivity index (χ3v) is 3.61. The van der Waals surface area contributed by atoms with Crippen LogP contribution in [0, 0.1) is 5.82 Å². The molecule has 0 saturated carbocycles. The Bertz CT molecular complexity index is 416. The van der Waals surface area contributed by atoms with Gasteiger partial charge in [0.05, 0.1) is 23.8 Å². The van der Waals surface area contributed by atoms with Crippen LogP contribution in [-0.2, 0) is 11.2 Å². The number of benzene rings is 1. The zero-order valence-electron chi connectivity index (χ0n) is 10.3. The zero-order chi connectivity index (χ0) is 13.1. The lowest BCUT2D eigenvalue weighted by atomic mass is 10.0. The van der Waals surface area contributed by atoms with Crippen LogP contribution in [-0.4, -0.2) is 49.0 Å². The number of likely N-dealkylation sites (N-methyl/N-ethyl adjacent to an activating group) is 1. The Morgan fingerprint density at radius 2 is 2.39 bits per heavy atom.